The molecule has 1 aliphatic heterocycles. The summed E-state index contributed by atoms with van der Waals surface area (Å²) in [7, 11) is 0. The van der Waals surface area contributed by atoms with Crippen molar-refractivity contribution < 1.29 is 4.74 Å². The first-order valence-corrected chi connectivity index (χ1v) is 6.86. The summed E-state index contributed by atoms with van der Waals surface area (Å²) >= 11 is 1.87. The maximum Gasteiger partial charge on any atom is 0.130 e. The number of aryl methyl sites for hydroxylation is 1. The van der Waals surface area contributed by atoms with Crippen molar-refractivity contribution in [3.8, 4) is 5.69 Å². The fourth-order valence-electron chi connectivity index (χ4n) is 2.11. The molecule has 0 radical (unpaired) electrons. The van der Waals surface area contributed by atoms with E-state index >= 15 is 0 Å². The highest BCUT2D eigenvalue weighted by atomic mass is 32.2. The van der Waals surface area contributed by atoms with Gasteiger partial charge in [-0.1, -0.05) is 18.2 Å². The molecule has 1 saturated heterocycles. The number of hydrogen-bond donors (Lipinski definition) is 0. The van der Waals surface area contributed by atoms with E-state index in [-0.39, 0.29) is 5.44 Å². The van der Waals surface area contributed by atoms with Crippen LogP contribution in [0.5, 0.6) is 0 Å². The summed E-state index contributed by atoms with van der Waals surface area (Å²) in [4.78, 5) is 0. The van der Waals surface area contributed by atoms with Gasteiger partial charge in [-0.15, -0.1) is 11.8 Å². The highest BCUT2D eigenvalue weighted by molar-refractivity contribution is 7.99. The lowest BCUT2D eigenvalue weighted by atomic mass is 10.2. The topological polar surface area (TPSA) is 14.2 Å². The van der Waals surface area contributed by atoms with Crippen LogP contribution in [0, 0.1) is 6.92 Å². The molecule has 1 atom stereocenters. The van der Waals surface area contributed by atoms with Crippen LogP contribution >= 0.6 is 11.8 Å². The van der Waals surface area contributed by atoms with E-state index in [1.54, 1.807) is 0 Å². The van der Waals surface area contributed by atoms with Gasteiger partial charge in [0.25, 0.3) is 0 Å². The van der Waals surface area contributed by atoms with Crippen molar-refractivity contribution in [2.24, 2.45) is 0 Å². The normalized spacial score (nSPS) is 19.7. The van der Waals surface area contributed by atoms with Crippen molar-refractivity contribution >= 4 is 11.8 Å². The van der Waals surface area contributed by atoms with E-state index in [1.807, 2.05) is 11.8 Å². The standard InChI is InChI=1S/C14H15NOS/c1-11-4-2-3-5-13(11)15-7-6-12(10-15)14-16-8-9-17-14/h2-7,10,14H,8-9H2,1H3/t14-/m1/s1. The highest BCUT2D eigenvalue weighted by Crippen LogP contribution is 2.35. The van der Waals surface area contributed by atoms with Crippen LogP contribution in [0.3, 0.4) is 0 Å². The molecular weight excluding hydrogens is 230 g/mol. The fourth-order valence-corrected chi connectivity index (χ4v) is 3.04. The second-order valence-corrected chi connectivity index (χ2v) is 5.38. The molecule has 0 bridgehead atoms. The maximum atomic E-state index is 5.67. The monoisotopic (exact) mass is 245 g/mol. The number of hydrogen-bond acceptors (Lipinski definition) is 2. The van der Waals surface area contributed by atoms with E-state index < -0.39 is 0 Å². The summed E-state index contributed by atoms with van der Waals surface area (Å²) < 4.78 is 7.84. The Balaban J connectivity index is 1.92. The minimum atomic E-state index is 0.222. The van der Waals surface area contributed by atoms with E-state index in [4.69, 9.17) is 4.74 Å². The van der Waals surface area contributed by atoms with Crippen LogP contribution < -0.4 is 0 Å². The smallest absolute Gasteiger partial charge is 0.130 e. The van der Waals surface area contributed by atoms with Gasteiger partial charge in [-0.05, 0) is 24.6 Å². The maximum absolute atomic E-state index is 5.67. The first-order chi connectivity index (χ1) is 8.34. The van der Waals surface area contributed by atoms with Crippen molar-refractivity contribution in [3.63, 3.8) is 0 Å². The number of para-hydroxylation sites is 1. The van der Waals surface area contributed by atoms with Crippen LogP contribution in [0.15, 0.2) is 42.7 Å². The first-order valence-electron chi connectivity index (χ1n) is 5.82. The predicted molar refractivity (Wildman–Crippen MR) is 71.7 cm³/mol. The lowest BCUT2D eigenvalue weighted by Crippen LogP contribution is -1.94. The molecule has 0 unspecified atom stereocenters. The third-order valence-electron chi connectivity index (χ3n) is 3.00. The summed E-state index contributed by atoms with van der Waals surface area (Å²) in [5.74, 6) is 1.10. The molecule has 2 heterocycles. The number of thioether (sulfide) groups is 1. The van der Waals surface area contributed by atoms with E-state index in [0.717, 1.165) is 12.4 Å². The largest absolute Gasteiger partial charge is 0.362 e. The lowest BCUT2D eigenvalue weighted by molar-refractivity contribution is 0.145. The summed E-state index contributed by atoms with van der Waals surface area (Å²) in [5, 5.41) is 0. The molecule has 0 amide bonds. The third kappa shape index (κ3) is 2.13. The van der Waals surface area contributed by atoms with Crippen molar-refractivity contribution in [3.05, 3.63) is 53.9 Å². The lowest BCUT2D eigenvalue weighted by Gasteiger charge is -2.07. The Labute approximate surface area is 106 Å². The molecule has 0 saturated carbocycles. The van der Waals surface area contributed by atoms with Gasteiger partial charge in [0.05, 0.1) is 6.61 Å². The molecule has 1 aliphatic rings. The Bertz CT molecular complexity index is 514. The third-order valence-corrected chi connectivity index (χ3v) is 4.12. The average Bonchev–Trinajstić information content (AvgIpc) is 3.00. The van der Waals surface area contributed by atoms with Crippen LogP contribution in [0.2, 0.25) is 0 Å². The second-order valence-electron chi connectivity index (χ2n) is 4.21. The minimum Gasteiger partial charge on any atom is -0.362 e. The van der Waals surface area contributed by atoms with Gasteiger partial charge in [0, 0.05) is 29.4 Å². The first kappa shape index (κ1) is 10.9. The molecule has 17 heavy (non-hydrogen) atoms. The molecule has 0 spiro atoms. The zero-order chi connectivity index (χ0) is 11.7. The molecule has 1 fully saturated rings. The Kier molecular flexibility index (Phi) is 2.95. The Morgan fingerprint density at radius 3 is 2.94 bits per heavy atom. The molecule has 88 valence electrons. The molecule has 1 aromatic heterocycles. The SMILES string of the molecule is Cc1ccccc1-n1ccc([C@@H]2OCCS2)c1. The summed E-state index contributed by atoms with van der Waals surface area (Å²) in [6.45, 7) is 3.00. The Morgan fingerprint density at radius 1 is 1.29 bits per heavy atom. The number of aromatic nitrogens is 1. The molecule has 2 aromatic rings. The Hall–Kier alpha value is -1.19. The zero-order valence-electron chi connectivity index (χ0n) is 9.80. The van der Waals surface area contributed by atoms with Gasteiger partial charge in [-0.3, -0.25) is 0 Å². The number of ether oxygens (including phenoxy) is 1. The van der Waals surface area contributed by atoms with Gasteiger partial charge in [0.2, 0.25) is 0 Å². The second kappa shape index (κ2) is 4.59. The number of rotatable bonds is 2. The Morgan fingerprint density at radius 2 is 2.18 bits per heavy atom. The van der Waals surface area contributed by atoms with Crippen LogP contribution in [0.1, 0.15) is 16.6 Å². The van der Waals surface area contributed by atoms with Crippen molar-refractivity contribution in [1.29, 1.82) is 0 Å². The van der Waals surface area contributed by atoms with Gasteiger partial charge >= 0.3 is 0 Å². The molecule has 3 heteroatoms. The summed E-state index contributed by atoms with van der Waals surface area (Å²) in [5.41, 5.74) is 4.01. The van der Waals surface area contributed by atoms with Crippen LogP contribution in [0.25, 0.3) is 5.69 Å². The quantitative estimate of drug-likeness (QED) is 0.803. The van der Waals surface area contributed by atoms with E-state index in [9.17, 15) is 0 Å². The molecule has 1 aromatic carbocycles. The van der Waals surface area contributed by atoms with Gasteiger partial charge < -0.3 is 9.30 Å². The fraction of sp³-hybridized carbons (Fsp3) is 0.286. The zero-order valence-corrected chi connectivity index (χ0v) is 10.6. The van der Waals surface area contributed by atoms with Gasteiger partial charge in [-0.2, -0.15) is 0 Å². The van der Waals surface area contributed by atoms with Crippen LogP contribution in [-0.2, 0) is 4.74 Å². The molecule has 0 N–H and O–H groups in total. The van der Waals surface area contributed by atoms with E-state index in [0.29, 0.717) is 0 Å². The average molecular weight is 245 g/mol. The highest BCUT2D eigenvalue weighted by Gasteiger charge is 2.19. The van der Waals surface area contributed by atoms with Crippen molar-refractivity contribution in [1.82, 2.24) is 4.57 Å². The summed E-state index contributed by atoms with van der Waals surface area (Å²) in [6, 6.07) is 10.6. The minimum absolute atomic E-state index is 0.222. The predicted octanol–water partition coefficient (Wildman–Crippen LogP) is 3.55. The van der Waals surface area contributed by atoms with E-state index in [2.05, 4.69) is 54.2 Å². The van der Waals surface area contributed by atoms with Crippen molar-refractivity contribution in [2.45, 2.75) is 12.4 Å². The van der Waals surface area contributed by atoms with Gasteiger partial charge in [-0.25, -0.2) is 0 Å². The van der Waals surface area contributed by atoms with Gasteiger partial charge in [0.1, 0.15) is 5.44 Å². The van der Waals surface area contributed by atoms with Crippen LogP contribution in [0.4, 0.5) is 0 Å². The molecular formula is C14H15NOS. The number of benzene rings is 1. The van der Waals surface area contributed by atoms with Crippen LogP contribution in [-0.4, -0.2) is 16.9 Å². The van der Waals surface area contributed by atoms with E-state index in [1.165, 1.54) is 16.8 Å². The summed E-state index contributed by atoms with van der Waals surface area (Å²) in [6.07, 6.45) is 4.28. The molecule has 3 rings (SSSR count). The molecule has 2 nitrogen and oxygen atoms in total. The van der Waals surface area contributed by atoms with Gasteiger partial charge in [0.15, 0.2) is 0 Å². The number of nitrogens with zero attached hydrogens (tertiary/aromatic N) is 1. The molecule has 0 aliphatic carbocycles. The van der Waals surface area contributed by atoms with Crippen molar-refractivity contribution in [2.75, 3.05) is 12.4 Å².